The minimum Gasteiger partial charge on any atom is -0.467 e. The Balaban J connectivity index is 2.09. The fraction of sp³-hybridized carbons (Fsp3) is 0.333. The van der Waals surface area contributed by atoms with Gasteiger partial charge in [-0.1, -0.05) is 0 Å². The maximum absolute atomic E-state index is 5.51. The highest BCUT2D eigenvalue weighted by atomic mass is 16.5. The Morgan fingerprint density at radius 1 is 1.41 bits per heavy atom. The number of ether oxygens (including phenoxy) is 1. The van der Waals surface area contributed by atoms with E-state index in [1.54, 1.807) is 10.9 Å². The zero-order chi connectivity index (χ0) is 12.3. The molecule has 3 N–H and O–H groups in total. The number of aromatic nitrogens is 5. The van der Waals surface area contributed by atoms with Crippen molar-refractivity contribution < 1.29 is 4.74 Å². The molecule has 0 amide bonds. The molecule has 90 valence electrons. The number of anilines is 2. The number of nitrogens with zero attached hydrogens (tertiary/aromatic N) is 5. The highest BCUT2D eigenvalue weighted by Gasteiger charge is 2.05. The van der Waals surface area contributed by atoms with Crippen molar-refractivity contribution >= 4 is 11.9 Å². The molecule has 0 spiro atoms. The lowest BCUT2D eigenvalue weighted by Crippen LogP contribution is -2.10. The van der Waals surface area contributed by atoms with E-state index >= 15 is 0 Å². The molecule has 0 aromatic carbocycles. The smallest absolute Gasteiger partial charge is 0.322 e. The highest BCUT2D eigenvalue weighted by Crippen LogP contribution is 2.09. The fourth-order valence-corrected chi connectivity index (χ4v) is 1.29. The Bertz CT molecular complexity index is 510. The van der Waals surface area contributed by atoms with Gasteiger partial charge >= 0.3 is 6.01 Å². The van der Waals surface area contributed by atoms with Crippen LogP contribution in [0, 0.1) is 0 Å². The molecule has 2 aromatic heterocycles. The van der Waals surface area contributed by atoms with Crippen LogP contribution in [-0.2, 0) is 13.6 Å². The summed E-state index contributed by atoms with van der Waals surface area (Å²) in [5.41, 5.74) is 6.52. The zero-order valence-corrected chi connectivity index (χ0v) is 9.58. The van der Waals surface area contributed by atoms with Gasteiger partial charge in [0.15, 0.2) is 0 Å². The molecule has 17 heavy (non-hydrogen) atoms. The first kappa shape index (κ1) is 11.1. The van der Waals surface area contributed by atoms with Gasteiger partial charge in [-0.3, -0.25) is 4.68 Å². The van der Waals surface area contributed by atoms with E-state index in [0.717, 1.165) is 5.69 Å². The van der Waals surface area contributed by atoms with Crippen molar-refractivity contribution in [2.45, 2.75) is 6.54 Å². The number of aryl methyl sites for hydroxylation is 1. The number of methoxy groups -OCH3 is 1. The normalized spacial score (nSPS) is 10.2. The first-order chi connectivity index (χ1) is 8.19. The second-order valence-electron chi connectivity index (χ2n) is 3.30. The third kappa shape index (κ3) is 2.60. The second-order valence-corrected chi connectivity index (χ2v) is 3.30. The van der Waals surface area contributed by atoms with Crippen LogP contribution in [0.2, 0.25) is 0 Å². The number of hydrogen-bond donors (Lipinski definition) is 2. The largest absolute Gasteiger partial charge is 0.467 e. The summed E-state index contributed by atoms with van der Waals surface area (Å²) >= 11 is 0. The Labute approximate surface area is 97.9 Å². The van der Waals surface area contributed by atoms with E-state index in [9.17, 15) is 0 Å². The Kier molecular flexibility index (Phi) is 3.03. The molecule has 0 aliphatic rings. The van der Waals surface area contributed by atoms with Gasteiger partial charge in [0.05, 0.1) is 19.3 Å². The number of nitrogens with two attached hydrogens (primary N) is 1. The van der Waals surface area contributed by atoms with Crippen molar-refractivity contribution in [1.82, 2.24) is 24.7 Å². The van der Waals surface area contributed by atoms with E-state index in [-0.39, 0.29) is 12.0 Å². The minimum absolute atomic E-state index is 0.115. The van der Waals surface area contributed by atoms with Crippen LogP contribution in [-0.4, -0.2) is 31.8 Å². The predicted octanol–water partition coefficient (Wildman–Crippen LogP) is -0.192. The third-order valence-electron chi connectivity index (χ3n) is 2.16. The van der Waals surface area contributed by atoms with Crippen LogP contribution in [0.25, 0.3) is 0 Å². The van der Waals surface area contributed by atoms with Crippen molar-refractivity contribution in [3.63, 3.8) is 0 Å². The maximum atomic E-state index is 5.51. The van der Waals surface area contributed by atoms with Gasteiger partial charge in [-0.25, -0.2) is 0 Å². The van der Waals surface area contributed by atoms with Gasteiger partial charge in [-0.15, -0.1) is 0 Å². The molecule has 0 saturated carbocycles. The van der Waals surface area contributed by atoms with E-state index in [4.69, 9.17) is 10.5 Å². The van der Waals surface area contributed by atoms with Gasteiger partial charge in [0.2, 0.25) is 11.9 Å². The molecule has 2 aromatic rings. The molecule has 2 rings (SSSR count). The summed E-state index contributed by atoms with van der Waals surface area (Å²) in [5.74, 6) is 0.486. The molecule has 0 aliphatic heterocycles. The van der Waals surface area contributed by atoms with E-state index in [1.807, 2.05) is 13.1 Å². The van der Waals surface area contributed by atoms with Crippen LogP contribution in [0.1, 0.15) is 5.69 Å². The summed E-state index contributed by atoms with van der Waals surface area (Å²) in [5, 5.41) is 7.07. The lowest BCUT2D eigenvalue weighted by Gasteiger charge is -2.06. The molecule has 0 aliphatic carbocycles. The van der Waals surface area contributed by atoms with Crippen LogP contribution < -0.4 is 15.8 Å². The van der Waals surface area contributed by atoms with E-state index < -0.39 is 0 Å². The van der Waals surface area contributed by atoms with Crippen LogP contribution in [0.3, 0.4) is 0 Å². The topological polar surface area (TPSA) is 104 Å². The zero-order valence-electron chi connectivity index (χ0n) is 9.58. The van der Waals surface area contributed by atoms with Gasteiger partial charge in [-0.05, 0) is 6.07 Å². The monoisotopic (exact) mass is 235 g/mol. The van der Waals surface area contributed by atoms with Crippen molar-refractivity contribution in [2.24, 2.45) is 7.05 Å². The lowest BCUT2D eigenvalue weighted by atomic mass is 10.4. The lowest BCUT2D eigenvalue weighted by molar-refractivity contribution is 0.379. The SMILES string of the molecule is COc1nc(N)nc(NCc2ccnn2C)n1. The molecule has 0 bridgehead atoms. The highest BCUT2D eigenvalue weighted by molar-refractivity contribution is 5.33. The second kappa shape index (κ2) is 4.64. The molecular formula is C9H13N7O. The van der Waals surface area contributed by atoms with Gasteiger partial charge in [0, 0.05) is 13.2 Å². The van der Waals surface area contributed by atoms with Crippen LogP contribution in [0.4, 0.5) is 11.9 Å². The quantitative estimate of drug-likeness (QED) is 0.756. The Morgan fingerprint density at radius 2 is 2.24 bits per heavy atom. The summed E-state index contributed by atoms with van der Waals surface area (Å²) in [6, 6.07) is 2.08. The molecule has 2 heterocycles. The molecular weight excluding hydrogens is 222 g/mol. The Hall–Kier alpha value is -2.38. The van der Waals surface area contributed by atoms with Gasteiger partial charge < -0.3 is 15.8 Å². The van der Waals surface area contributed by atoms with E-state index in [2.05, 4.69) is 25.4 Å². The van der Waals surface area contributed by atoms with Gasteiger partial charge in [0.25, 0.3) is 0 Å². The van der Waals surface area contributed by atoms with Gasteiger partial charge in [-0.2, -0.15) is 20.1 Å². The van der Waals surface area contributed by atoms with Crippen LogP contribution >= 0.6 is 0 Å². The summed E-state index contributed by atoms with van der Waals surface area (Å²) < 4.78 is 6.66. The number of nitrogen functional groups attached to an aromatic ring is 1. The fourth-order valence-electron chi connectivity index (χ4n) is 1.29. The van der Waals surface area contributed by atoms with E-state index in [0.29, 0.717) is 12.5 Å². The summed E-state index contributed by atoms with van der Waals surface area (Å²) in [6.45, 7) is 0.545. The minimum atomic E-state index is 0.115. The number of rotatable bonds is 4. The van der Waals surface area contributed by atoms with Crippen molar-refractivity contribution in [3.05, 3.63) is 18.0 Å². The molecule has 8 heteroatoms. The van der Waals surface area contributed by atoms with Crippen molar-refractivity contribution in [2.75, 3.05) is 18.2 Å². The average molecular weight is 235 g/mol. The molecule has 0 radical (unpaired) electrons. The molecule has 0 unspecified atom stereocenters. The average Bonchev–Trinajstić information content (AvgIpc) is 2.71. The van der Waals surface area contributed by atoms with Crippen molar-refractivity contribution in [3.8, 4) is 6.01 Å². The van der Waals surface area contributed by atoms with Crippen LogP contribution in [0.5, 0.6) is 6.01 Å². The molecule has 8 nitrogen and oxygen atoms in total. The molecule has 0 atom stereocenters. The maximum Gasteiger partial charge on any atom is 0.322 e. The molecule has 0 fully saturated rings. The van der Waals surface area contributed by atoms with Gasteiger partial charge in [0.1, 0.15) is 0 Å². The Morgan fingerprint density at radius 3 is 2.88 bits per heavy atom. The number of hydrogen-bond acceptors (Lipinski definition) is 7. The standard InChI is InChI=1S/C9H13N7O/c1-16-6(3-4-12-16)5-11-8-13-7(10)14-9(15-8)17-2/h3-4H,5H2,1-2H3,(H3,10,11,13,14,15). The van der Waals surface area contributed by atoms with Crippen molar-refractivity contribution in [1.29, 1.82) is 0 Å². The summed E-state index contributed by atoms with van der Waals surface area (Å²) in [7, 11) is 3.33. The third-order valence-corrected chi connectivity index (χ3v) is 2.16. The van der Waals surface area contributed by atoms with Crippen LogP contribution in [0.15, 0.2) is 12.3 Å². The first-order valence-corrected chi connectivity index (χ1v) is 4.95. The summed E-state index contributed by atoms with van der Waals surface area (Å²) in [4.78, 5) is 11.8. The van der Waals surface area contributed by atoms with E-state index in [1.165, 1.54) is 7.11 Å². The summed E-state index contributed by atoms with van der Waals surface area (Å²) in [6.07, 6.45) is 1.72. The molecule has 0 saturated heterocycles. The first-order valence-electron chi connectivity index (χ1n) is 4.95. The number of nitrogens with one attached hydrogen (secondary N) is 1. The predicted molar refractivity (Wildman–Crippen MR) is 61.3 cm³/mol.